The zero-order chi connectivity index (χ0) is 18.7. The molecule has 2 N–H and O–H groups in total. The molecule has 2 aromatic carbocycles. The van der Waals surface area contributed by atoms with Crippen LogP contribution in [0.4, 0.5) is 5.13 Å². The molecule has 5 nitrogen and oxygen atoms in total. The Hall–Kier alpha value is -2.22. The van der Waals surface area contributed by atoms with Crippen LogP contribution in [-0.4, -0.2) is 22.1 Å². The number of thiazole rings is 1. The van der Waals surface area contributed by atoms with Crippen LogP contribution in [0.2, 0.25) is 5.02 Å². The van der Waals surface area contributed by atoms with Gasteiger partial charge in [-0.3, -0.25) is 10.1 Å². The number of para-hydroxylation sites is 1. The number of rotatable bonds is 4. The van der Waals surface area contributed by atoms with Gasteiger partial charge in [0.05, 0.1) is 15.8 Å². The molecule has 0 fully saturated rings. The van der Waals surface area contributed by atoms with Crippen LogP contribution in [0.5, 0.6) is 5.75 Å². The van der Waals surface area contributed by atoms with Crippen LogP contribution >= 0.6 is 35.2 Å². The van der Waals surface area contributed by atoms with E-state index in [4.69, 9.17) is 28.6 Å². The predicted octanol–water partition coefficient (Wildman–Crippen LogP) is 4.86. The van der Waals surface area contributed by atoms with E-state index in [9.17, 15) is 4.79 Å². The number of halogens is 1. The van der Waals surface area contributed by atoms with Crippen molar-refractivity contribution in [2.75, 3.05) is 5.32 Å². The molecule has 3 aromatic rings. The maximum atomic E-state index is 12.3. The Bertz CT molecular complexity index is 955. The number of hydrogen-bond donors (Lipinski definition) is 2. The number of fused-ring (bicyclic) bond motifs is 1. The Morgan fingerprint density at radius 1 is 1.23 bits per heavy atom. The van der Waals surface area contributed by atoms with Gasteiger partial charge >= 0.3 is 0 Å². The first-order chi connectivity index (χ1) is 12.4. The highest BCUT2D eigenvalue weighted by Gasteiger charge is 2.11. The second kappa shape index (κ2) is 7.99. The number of anilines is 1. The molecule has 1 amide bonds. The number of amides is 1. The Morgan fingerprint density at radius 3 is 2.62 bits per heavy atom. The summed E-state index contributed by atoms with van der Waals surface area (Å²) in [6.45, 7) is 3.89. The van der Waals surface area contributed by atoms with Crippen LogP contribution in [-0.2, 0) is 0 Å². The van der Waals surface area contributed by atoms with E-state index < -0.39 is 0 Å². The van der Waals surface area contributed by atoms with E-state index >= 15 is 0 Å². The van der Waals surface area contributed by atoms with Crippen molar-refractivity contribution in [3.05, 3.63) is 53.1 Å². The molecule has 3 rings (SSSR count). The van der Waals surface area contributed by atoms with Gasteiger partial charge in [-0.15, -0.1) is 0 Å². The minimum atomic E-state index is -0.308. The number of hydrogen-bond acceptors (Lipinski definition) is 5. The lowest BCUT2D eigenvalue weighted by Gasteiger charge is -2.10. The number of nitrogens with one attached hydrogen (secondary N) is 2. The quantitative estimate of drug-likeness (QED) is 0.606. The maximum Gasteiger partial charge on any atom is 0.257 e. The number of ether oxygens (including phenoxy) is 1. The molecule has 0 saturated heterocycles. The lowest BCUT2D eigenvalue weighted by Crippen LogP contribution is -2.34. The van der Waals surface area contributed by atoms with Gasteiger partial charge in [0.2, 0.25) is 0 Å². The summed E-state index contributed by atoms with van der Waals surface area (Å²) in [6, 6.07) is 12.4. The molecule has 0 radical (unpaired) electrons. The van der Waals surface area contributed by atoms with Crippen LogP contribution in [0.1, 0.15) is 24.2 Å². The lowest BCUT2D eigenvalue weighted by atomic mass is 10.2. The van der Waals surface area contributed by atoms with E-state index in [1.54, 1.807) is 30.3 Å². The van der Waals surface area contributed by atoms with Gasteiger partial charge in [-0.2, -0.15) is 0 Å². The predicted molar refractivity (Wildman–Crippen MR) is 111 cm³/mol. The van der Waals surface area contributed by atoms with Crippen LogP contribution in [0, 0.1) is 0 Å². The molecule has 0 unspecified atom stereocenters. The van der Waals surface area contributed by atoms with E-state index in [1.807, 2.05) is 26.0 Å². The Balaban J connectivity index is 1.63. The smallest absolute Gasteiger partial charge is 0.257 e. The molecule has 0 aliphatic carbocycles. The highest BCUT2D eigenvalue weighted by molar-refractivity contribution is 7.80. The number of nitrogens with zero attached hydrogens (tertiary/aromatic N) is 1. The van der Waals surface area contributed by atoms with Crippen molar-refractivity contribution < 1.29 is 9.53 Å². The zero-order valence-electron chi connectivity index (χ0n) is 14.1. The first-order valence-electron chi connectivity index (χ1n) is 7.86. The third-order valence-electron chi connectivity index (χ3n) is 3.31. The fourth-order valence-electron chi connectivity index (χ4n) is 2.23. The minimum Gasteiger partial charge on any atom is -0.491 e. The summed E-state index contributed by atoms with van der Waals surface area (Å²) in [5, 5.41) is 6.88. The van der Waals surface area contributed by atoms with Crippen LogP contribution in [0.15, 0.2) is 42.5 Å². The molecule has 0 saturated carbocycles. The van der Waals surface area contributed by atoms with Crippen molar-refractivity contribution in [1.82, 2.24) is 10.3 Å². The van der Waals surface area contributed by atoms with Crippen LogP contribution in [0.3, 0.4) is 0 Å². The topological polar surface area (TPSA) is 63.2 Å². The molecule has 1 aromatic heterocycles. The zero-order valence-corrected chi connectivity index (χ0v) is 16.5. The Labute approximate surface area is 165 Å². The van der Waals surface area contributed by atoms with Gasteiger partial charge in [0, 0.05) is 5.56 Å². The number of aromatic nitrogens is 1. The highest BCUT2D eigenvalue weighted by atomic mass is 35.5. The first-order valence-corrected chi connectivity index (χ1v) is 9.47. The monoisotopic (exact) mass is 405 g/mol. The molecule has 0 spiro atoms. The SMILES string of the molecule is CC(C)Oc1ccc(C(=O)NC(=S)Nc2nc3c(Cl)cccc3s2)cc1. The van der Waals surface area contributed by atoms with E-state index in [0.29, 0.717) is 27.0 Å². The average molecular weight is 406 g/mol. The number of carbonyl (C=O) groups is 1. The molecular weight excluding hydrogens is 390 g/mol. The summed E-state index contributed by atoms with van der Waals surface area (Å²) < 4.78 is 6.50. The number of benzene rings is 2. The van der Waals surface area contributed by atoms with E-state index in [2.05, 4.69) is 15.6 Å². The highest BCUT2D eigenvalue weighted by Crippen LogP contribution is 2.30. The number of carbonyl (C=O) groups excluding carboxylic acids is 1. The summed E-state index contributed by atoms with van der Waals surface area (Å²) in [4.78, 5) is 16.7. The standard InChI is InChI=1S/C18H16ClN3O2S2/c1-10(2)24-12-8-6-11(7-9-12)16(23)21-17(25)22-18-20-15-13(19)4-3-5-14(15)26-18/h3-10H,1-2H3,(H2,20,21,22,23,25). The van der Waals surface area contributed by atoms with Gasteiger partial charge in [-0.05, 0) is 62.5 Å². The van der Waals surface area contributed by atoms with Crippen molar-refractivity contribution in [1.29, 1.82) is 0 Å². The van der Waals surface area contributed by atoms with Gasteiger partial charge in [0.1, 0.15) is 11.3 Å². The van der Waals surface area contributed by atoms with Crippen LogP contribution < -0.4 is 15.4 Å². The minimum absolute atomic E-state index is 0.0776. The summed E-state index contributed by atoms with van der Waals surface area (Å²) in [7, 11) is 0. The lowest BCUT2D eigenvalue weighted by molar-refractivity contribution is 0.0977. The molecule has 0 aliphatic rings. The average Bonchev–Trinajstić information content (AvgIpc) is 2.98. The molecule has 8 heteroatoms. The largest absolute Gasteiger partial charge is 0.491 e. The fourth-order valence-corrected chi connectivity index (χ4v) is 3.65. The second-order valence-electron chi connectivity index (χ2n) is 5.70. The third kappa shape index (κ3) is 4.49. The van der Waals surface area contributed by atoms with Crippen molar-refractivity contribution in [2.24, 2.45) is 0 Å². The molecular formula is C18H16ClN3O2S2. The molecule has 0 bridgehead atoms. The summed E-state index contributed by atoms with van der Waals surface area (Å²) >= 11 is 12.7. The van der Waals surface area contributed by atoms with Gasteiger partial charge in [-0.1, -0.05) is 29.0 Å². The van der Waals surface area contributed by atoms with Crippen molar-refractivity contribution in [3.63, 3.8) is 0 Å². The van der Waals surface area contributed by atoms with E-state index in [0.717, 1.165) is 4.70 Å². The van der Waals surface area contributed by atoms with E-state index in [1.165, 1.54) is 11.3 Å². The maximum absolute atomic E-state index is 12.3. The molecule has 1 heterocycles. The summed E-state index contributed by atoms with van der Waals surface area (Å²) in [6.07, 6.45) is 0.0776. The molecule has 26 heavy (non-hydrogen) atoms. The number of thiocarbonyl (C=S) groups is 1. The van der Waals surface area contributed by atoms with Crippen molar-refractivity contribution >= 4 is 61.5 Å². The second-order valence-corrected chi connectivity index (χ2v) is 7.55. The third-order valence-corrected chi connectivity index (χ3v) is 4.75. The molecule has 0 aliphatic heterocycles. The van der Waals surface area contributed by atoms with Crippen molar-refractivity contribution in [2.45, 2.75) is 20.0 Å². The fraction of sp³-hybridized carbons (Fsp3) is 0.167. The summed E-state index contributed by atoms with van der Waals surface area (Å²) in [5.41, 5.74) is 1.19. The Morgan fingerprint density at radius 2 is 1.96 bits per heavy atom. The van der Waals surface area contributed by atoms with Gasteiger partial charge < -0.3 is 10.1 Å². The van der Waals surface area contributed by atoms with E-state index in [-0.39, 0.29) is 17.1 Å². The van der Waals surface area contributed by atoms with Crippen LogP contribution in [0.25, 0.3) is 10.2 Å². The van der Waals surface area contributed by atoms with Gasteiger partial charge in [0.25, 0.3) is 5.91 Å². The van der Waals surface area contributed by atoms with Crippen molar-refractivity contribution in [3.8, 4) is 5.75 Å². The molecule has 0 atom stereocenters. The summed E-state index contributed by atoms with van der Waals surface area (Å²) in [5.74, 6) is 0.404. The molecule has 134 valence electrons. The Kier molecular flexibility index (Phi) is 5.70. The van der Waals surface area contributed by atoms with Gasteiger partial charge in [0.15, 0.2) is 10.2 Å². The first kappa shape index (κ1) is 18.6. The van der Waals surface area contributed by atoms with Gasteiger partial charge in [-0.25, -0.2) is 4.98 Å². The normalized spacial score (nSPS) is 10.8.